The van der Waals surface area contributed by atoms with Gasteiger partial charge in [0.1, 0.15) is 0 Å². The third-order valence-corrected chi connectivity index (χ3v) is 3.26. The lowest BCUT2D eigenvalue weighted by Crippen LogP contribution is -2.04. The number of aliphatic hydroxyl groups is 1. The van der Waals surface area contributed by atoms with Crippen LogP contribution in [-0.2, 0) is 17.8 Å². The standard InChI is InChI=1S/C17H20O2/c1-19-13-15-9-5-6-10-16(15)17(18)12-11-14-7-3-2-4-8-14/h2-10,17-18H,11-13H2,1H3. The van der Waals surface area contributed by atoms with Gasteiger partial charge in [0, 0.05) is 7.11 Å². The number of hydrogen-bond donors (Lipinski definition) is 1. The van der Waals surface area contributed by atoms with Gasteiger partial charge in [-0.25, -0.2) is 0 Å². The van der Waals surface area contributed by atoms with Crippen LogP contribution in [0.2, 0.25) is 0 Å². The van der Waals surface area contributed by atoms with Crippen LogP contribution >= 0.6 is 0 Å². The largest absolute Gasteiger partial charge is 0.388 e. The monoisotopic (exact) mass is 256 g/mol. The molecule has 0 heterocycles. The van der Waals surface area contributed by atoms with Crippen molar-refractivity contribution in [1.82, 2.24) is 0 Å². The molecule has 0 aliphatic rings. The van der Waals surface area contributed by atoms with Crippen molar-refractivity contribution in [1.29, 1.82) is 0 Å². The lowest BCUT2D eigenvalue weighted by atomic mass is 9.97. The maximum atomic E-state index is 10.3. The highest BCUT2D eigenvalue weighted by molar-refractivity contribution is 5.28. The second-order valence-corrected chi connectivity index (χ2v) is 4.67. The second-order valence-electron chi connectivity index (χ2n) is 4.67. The molecule has 0 saturated heterocycles. The second kappa shape index (κ2) is 7.07. The molecular weight excluding hydrogens is 236 g/mol. The Bertz CT molecular complexity index is 494. The predicted molar refractivity (Wildman–Crippen MR) is 76.9 cm³/mol. The molecule has 0 aromatic heterocycles. The normalized spacial score (nSPS) is 12.3. The molecule has 0 aliphatic carbocycles. The van der Waals surface area contributed by atoms with E-state index in [1.165, 1.54) is 5.56 Å². The molecule has 2 aromatic rings. The summed E-state index contributed by atoms with van der Waals surface area (Å²) in [5.74, 6) is 0. The lowest BCUT2D eigenvalue weighted by molar-refractivity contribution is 0.155. The fraction of sp³-hybridized carbons (Fsp3) is 0.294. The third kappa shape index (κ3) is 3.91. The molecule has 1 unspecified atom stereocenters. The summed E-state index contributed by atoms with van der Waals surface area (Å²) in [7, 11) is 1.67. The first-order valence-corrected chi connectivity index (χ1v) is 6.60. The number of methoxy groups -OCH3 is 1. The van der Waals surface area contributed by atoms with E-state index in [9.17, 15) is 5.11 Å². The summed E-state index contributed by atoms with van der Waals surface area (Å²) in [6, 6.07) is 18.2. The van der Waals surface area contributed by atoms with Crippen LogP contribution in [0, 0.1) is 0 Å². The molecule has 0 radical (unpaired) electrons. The van der Waals surface area contributed by atoms with Gasteiger partial charge in [-0.1, -0.05) is 54.6 Å². The quantitative estimate of drug-likeness (QED) is 0.857. The summed E-state index contributed by atoms with van der Waals surface area (Å²) in [6.07, 6.45) is 1.17. The van der Waals surface area contributed by atoms with Crippen molar-refractivity contribution in [2.75, 3.05) is 7.11 Å². The fourth-order valence-corrected chi connectivity index (χ4v) is 2.25. The maximum absolute atomic E-state index is 10.3. The average molecular weight is 256 g/mol. The molecule has 1 N–H and O–H groups in total. The van der Waals surface area contributed by atoms with Crippen molar-refractivity contribution in [3.8, 4) is 0 Å². The van der Waals surface area contributed by atoms with E-state index in [0.717, 1.165) is 24.0 Å². The molecule has 0 spiro atoms. The first-order valence-electron chi connectivity index (χ1n) is 6.60. The van der Waals surface area contributed by atoms with Crippen LogP contribution in [0.1, 0.15) is 29.2 Å². The summed E-state index contributed by atoms with van der Waals surface area (Å²) >= 11 is 0. The van der Waals surface area contributed by atoms with Gasteiger partial charge in [0.05, 0.1) is 12.7 Å². The van der Waals surface area contributed by atoms with Crippen molar-refractivity contribution in [3.05, 3.63) is 71.3 Å². The molecule has 2 rings (SSSR count). The van der Waals surface area contributed by atoms with Gasteiger partial charge in [-0.3, -0.25) is 0 Å². The Kier molecular flexibility index (Phi) is 5.13. The SMILES string of the molecule is COCc1ccccc1C(O)CCc1ccccc1. The van der Waals surface area contributed by atoms with E-state index in [1.807, 2.05) is 42.5 Å². The summed E-state index contributed by atoms with van der Waals surface area (Å²) in [6.45, 7) is 0.540. The first kappa shape index (κ1) is 13.8. The number of aliphatic hydroxyl groups excluding tert-OH is 1. The molecule has 1 atom stereocenters. The van der Waals surface area contributed by atoms with Crippen LogP contribution in [0.15, 0.2) is 54.6 Å². The Hall–Kier alpha value is -1.64. The van der Waals surface area contributed by atoms with E-state index < -0.39 is 6.10 Å². The van der Waals surface area contributed by atoms with E-state index in [0.29, 0.717) is 6.61 Å². The van der Waals surface area contributed by atoms with Crippen LogP contribution in [0.25, 0.3) is 0 Å². The van der Waals surface area contributed by atoms with Crippen molar-refractivity contribution < 1.29 is 9.84 Å². The molecule has 0 amide bonds. The van der Waals surface area contributed by atoms with E-state index in [1.54, 1.807) is 7.11 Å². The van der Waals surface area contributed by atoms with Gasteiger partial charge < -0.3 is 9.84 Å². The highest BCUT2D eigenvalue weighted by atomic mass is 16.5. The lowest BCUT2D eigenvalue weighted by Gasteiger charge is -2.15. The van der Waals surface area contributed by atoms with Gasteiger partial charge in [0.15, 0.2) is 0 Å². The molecule has 2 heteroatoms. The third-order valence-electron chi connectivity index (χ3n) is 3.26. The summed E-state index contributed by atoms with van der Waals surface area (Å²) < 4.78 is 5.17. The van der Waals surface area contributed by atoms with Crippen LogP contribution in [0.4, 0.5) is 0 Å². The topological polar surface area (TPSA) is 29.5 Å². The van der Waals surface area contributed by atoms with Crippen LogP contribution in [-0.4, -0.2) is 12.2 Å². The van der Waals surface area contributed by atoms with Crippen molar-refractivity contribution in [3.63, 3.8) is 0 Å². The predicted octanol–water partition coefficient (Wildman–Crippen LogP) is 3.50. The molecule has 2 aromatic carbocycles. The molecule has 0 fully saturated rings. The highest BCUT2D eigenvalue weighted by Crippen LogP contribution is 2.23. The molecular formula is C17H20O2. The number of hydrogen-bond acceptors (Lipinski definition) is 2. The van der Waals surface area contributed by atoms with E-state index in [4.69, 9.17) is 4.74 Å². The Morgan fingerprint density at radius 2 is 1.68 bits per heavy atom. The zero-order chi connectivity index (χ0) is 13.5. The summed E-state index contributed by atoms with van der Waals surface area (Å²) in [5, 5.41) is 10.3. The average Bonchev–Trinajstić information content (AvgIpc) is 2.47. The van der Waals surface area contributed by atoms with E-state index in [2.05, 4.69) is 12.1 Å². The van der Waals surface area contributed by atoms with Gasteiger partial charge >= 0.3 is 0 Å². The maximum Gasteiger partial charge on any atom is 0.0796 e. The van der Waals surface area contributed by atoms with Crippen molar-refractivity contribution in [2.24, 2.45) is 0 Å². The first-order chi connectivity index (χ1) is 9.31. The highest BCUT2D eigenvalue weighted by Gasteiger charge is 2.11. The van der Waals surface area contributed by atoms with Crippen LogP contribution in [0.3, 0.4) is 0 Å². The van der Waals surface area contributed by atoms with Gasteiger partial charge in [-0.05, 0) is 29.5 Å². The Labute approximate surface area is 114 Å². The molecule has 0 saturated carbocycles. The van der Waals surface area contributed by atoms with Gasteiger partial charge in [-0.2, -0.15) is 0 Å². The van der Waals surface area contributed by atoms with Gasteiger partial charge in [-0.15, -0.1) is 0 Å². The summed E-state index contributed by atoms with van der Waals surface area (Å²) in [4.78, 5) is 0. The van der Waals surface area contributed by atoms with Gasteiger partial charge in [0.25, 0.3) is 0 Å². The van der Waals surface area contributed by atoms with Crippen LogP contribution < -0.4 is 0 Å². The Morgan fingerprint density at radius 3 is 2.42 bits per heavy atom. The van der Waals surface area contributed by atoms with Crippen molar-refractivity contribution in [2.45, 2.75) is 25.6 Å². The van der Waals surface area contributed by atoms with E-state index >= 15 is 0 Å². The Morgan fingerprint density at radius 1 is 1.00 bits per heavy atom. The molecule has 0 bridgehead atoms. The Balaban J connectivity index is 2.01. The number of rotatable bonds is 6. The minimum atomic E-state index is -0.438. The van der Waals surface area contributed by atoms with Crippen molar-refractivity contribution >= 4 is 0 Å². The van der Waals surface area contributed by atoms with Crippen LogP contribution in [0.5, 0.6) is 0 Å². The number of ether oxygens (including phenoxy) is 1. The zero-order valence-electron chi connectivity index (χ0n) is 11.3. The van der Waals surface area contributed by atoms with Gasteiger partial charge in [0.2, 0.25) is 0 Å². The molecule has 19 heavy (non-hydrogen) atoms. The molecule has 2 nitrogen and oxygen atoms in total. The number of benzene rings is 2. The smallest absolute Gasteiger partial charge is 0.0796 e. The van der Waals surface area contributed by atoms with E-state index in [-0.39, 0.29) is 0 Å². The number of aryl methyl sites for hydroxylation is 1. The minimum absolute atomic E-state index is 0.438. The minimum Gasteiger partial charge on any atom is -0.388 e. The summed E-state index contributed by atoms with van der Waals surface area (Å²) in [5.41, 5.74) is 3.29. The molecule has 100 valence electrons. The molecule has 0 aliphatic heterocycles. The zero-order valence-corrected chi connectivity index (χ0v) is 11.3. The fourth-order valence-electron chi connectivity index (χ4n) is 2.25.